The van der Waals surface area contributed by atoms with Crippen LogP contribution in [0.2, 0.25) is 5.02 Å². The molecule has 2 heterocycles. The fraction of sp³-hybridized carbons (Fsp3) is 0.238. The number of nitrogens with zero attached hydrogens (tertiary/aromatic N) is 2. The van der Waals surface area contributed by atoms with Gasteiger partial charge in [-0.25, -0.2) is 9.97 Å². The van der Waals surface area contributed by atoms with Gasteiger partial charge in [0, 0.05) is 35.7 Å². The van der Waals surface area contributed by atoms with Gasteiger partial charge in [-0.15, -0.1) is 0 Å². The third-order valence-corrected chi connectivity index (χ3v) is 4.75. The first-order valence-corrected chi connectivity index (χ1v) is 9.66. The zero-order valence-corrected chi connectivity index (χ0v) is 16.1. The van der Waals surface area contributed by atoms with Crippen LogP contribution in [0.15, 0.2) is 54.6 Å². The molecule has 144 valence electrons. The van der Waals surface area contributed by atoms with Gasteiger partial charge in [0.25, 0.3) is 0 Å². The standard InChI is InChI=1S/C21H22ClN5O/c22-15-7-4-8-17(11-15)28-13-16-12-18-20(24-10-9-23)26-19(27-21(18)25-16)14-5-2-1-3-6-14/h1-8,11,16H,9-10,12-13,23H2,(H2,24,25,26,27). The highest BCUT2D eigenvalue weighted by molar-refractivity contribution is 6.30. The second-order valence-electron chi connectivity index (χ2n) is 6.62. The first-order valence-electron chi connectivity index (χ1n) is 9.28. The molecular weight excluding hydrogens is 374 g/mol. The number of ether oxygens (including phenoxy) is 1. The molecule has 3 aromatic rings. The molecule has 0 aliphatic carbocycles. The van der Waals surface area contributed by atoms with Crippen LogP contribution in [-0.2, 0) is 6.42 Å². The molecule has 2 aromatic carbocycles. The minimum Gasteiger partial charge on any atom is -0.491 e. The lowest BCUT2D eigenvalue weighted by molar-refractivity contribution is 0.299. The summed E-state index contributed by atoms with van der Waals surface area (Å²) < 4.78 is 5.90. The number of nitrogens with two attached hydrogens (primary N) is 1. The van der Waals surface area contributed by atoms with Crippen LogP contribution in [0.1, 0.15) is 5.56 Å². The highest BCUT2D eigenvalue weighted by Crippen LogP contribution is 2.32. The summed E-state index contributed by atoms with van der Waals surface area (Å²) in [6.07, 6.45) is 0.776. The molecule has 1 aliphatic heterocycles. The first kappa shape index (κ1) is 18.5. The number of fused-ring (bicyclic) bond motifs is 1. The van der Waals surface area contributed by atoms with Crippen molar-refractivity contribution in [1.82, 2.24) is 9.97 Å². The molecule has 0 spiro atoms. The minimum atomic E-state index is 0.104. The lowest BCUT2D eigenvalue weighted by Gasteiger charge is -2.12. The van der Waals surface area contributed by atoms with Crippen molar-refractivity contribution in [2.75, 3.05) is 30.3 Å². The fourth-order valence-electron chi connectivity index (χ4n) is 3.19. The molecule has 0 saturated carbocycles. The summed E-state index contributed by atoms with van der Waals surface area (Å²) in [4.78, 5) is 9.48. The van der Waals surface area contributed by atoms with Crippen molar-refractivity contribution in [3.63, 3.8) is 0 Å². The van der Waals surface area contributed by atoms with Crippen LogP contribution < -0.4 is 21.1 Å². The van der Waals surface area contributed by atoms with E-state index in [1.807, 2.05) is 54.6 Å². The SMILES string of the molecule is NCCNc1nc(-c2ccccc2)nc2c1CC(COc1cccc(Cl)c1)N2. The Bertz CT molecular complexity index is 951. The minimum absolute atomic E-state index is 0.104. The molecule has 4 N–H and O–H groups in total. The monoisotopic (exact) mass is 395 g/mol. The molecule has 0 saturated heterocycles. The maximum Gasteiger partial charge on any atom is 0.163 e. The molecule has 28 heavy (non-hydrogen) atoms. The Morgan fingerprint density at radius 2 is 2.00 bits per heavy atom. The molecule has 1 atom stereocenters. The molecule has 1 aromatic heterocycles. The summed E-state index contributed by atoms with van der Waals surface area (Å²) in [5.41, 5.74) is 7.71. The summed E-state index contributed by atoms with van der Waals surface area (Å²) in [7, 11) is 0. The molecule has 4 rings (SSSR count). The van der Waals surface area contributed by atoms with Crippen LogP contribution >= 0.6 is 11.6 Å². The molecule has 0 amide bonds. The predicted molar refractivity (Wildman–Crippen MR) is 113 cm³/mol. The zero-order valence-electron chi connectivity index (χ0n) is 15.4. The van der Waals surface area contributed by atoms with Crippen LogP contribution in [0, 0.1) is 0 Å². The van der Waals surface area contributed by atoms with Crippen LogP contribution in [0.4, 0.5) is 11.6 Å². The highest BCUT2D eigenvalue weighted by atomic mass is 35.5. The molecule has 1 unspecified atom stereocenters. The second kappa shape index (κ2) is 8.46. The molecule has 0 fully saturated rings. The van der Waals surface area contributed by atoms with E-state index in [9.17, 15) is 0 Å². The van der Waals surface area contributed by atoms with Gasteiger partial charge < -0.3 is 21.1 Å². The van der Waals surface area contributed by atoms with Crippen LogP contribution in [-0.4, -0.2) is 35.7 Å². The maximum atomic E-state index is 6.03. The zero-order chi connectivity index (χ0) is 19.3. The van der Waals surface area contributed by atoms with Gasteiger partial charge in [0.05, 0.1) is 6.04 Å². The maximum absolute atomic E-state index is 6.03. The number of hydrogen-bond donors (Lipinski definition) is 3. The number of benzene rings is 2. The van der Waals surface area contributed by atoms with Gasteiger partial charge in [-0.3, -0.25) is 0 Å². The van der Waals surface area contributed by atoms with E-state index in [1.54, 1.807) is 0 Å². The Labute approximate surface area is 169 Å². The first-order chi connectivity index (χ1) is 13.7. The lowest BCUT2D eigenvalue weighted by Crippen LogP contribution is -2.24. The molecule has 7 heteroatoms. The van der Waals surface area contributed by atoms with Gasteiger partial charge in [-0.1, -0.05) is 48.0 Å². The number of anilines is 2. The number of hydrogen-bond acceptors (Lipinski definition) is 6. The van der Waals surface area contributed by atoms with Gasteiger partial charge >= 0.3 is 0 Å². The summed E-state index contributed by atoms with van der Waals surface area (Å²) in [6.45, 7) is 1.70. The Morgan fingerprint density at radius 3 is 2.79 bits per heavy atom. The smallest absolute Gasteiger partial charge is 0.163 e. The van der Waals surface area contributed by atoms with Crippen LogP contribution in [0.5, 0.6) is 5.75 Å². The van der Waals surface area contributed by atoms with E-state index in [4.69, 9.17) is 32.0 Å². The van der Waals surface area contributed by atoms with E-state index in [-0.39, 0.29) is 6.04 Å². The number of aromatic nitrogens is 2. The van der Waals surface area contributed by atoms with E-state index < -0.39 is 0 Å². The van der Waals surface area contributed by atoms with Crippen molar-refractivity contribution >= 4 is 23.2 Å². The molecular formula is C21H22ClN5O. The fourth-order valence-corrected chi connectivity index (χ4v) is 3.38. The molecule has 6 nitrogen and oxygen atoms in total. The Morgan fingerprint density at radius 1 is 1.14 bits per heavy atom. The van der Waals surface area contributed by atoms with Gasteiger partial charge in [-0.05, 0) is 18.2 Å². The highest BCUT2D eigenvalue weighted by Gasteiger charge is 2.27. The number of halogens is 1. The third kappa shape index (κ3) is 4.18. The van der Waals surface area contributed by atoms with Crippen molar-refractivity contribution < 1.29 is 4.74 Å². The van der Waals surface area contributed by atoms with Crippen molar-refractivity contribution in [1.29, 1.82) is 0 Å². The quantitative estimate of drug-likeness (QED) is 0.567. The van der Waals surface area contributed by atoms with E-state index in [1.165, 1.54) is 0 Å². The Kier molecular flexibility index (Phi) is 5.60. The van der Waals surface area contributed by atoms with E-state index in [0.717, 1.165) is 34.9 Å². The average Bonchev–Trinajstić information content (AvgIpc) is 3.14. The van der Waals surface area contributed by atoms with Crippen LogP contribution in [0.3, 0.4) is 0 Å². The second-order valence-corrected chi connectivity index (χ2v) is 7.05. The molecule has 0 bridgehead atoms. The number of rotatable bonds is 7. The summed E-state index contributed by atoms with van der Waals surface area (Å²) in [5, 5.41) is 7.46. The van der Waals surface area contributed by atoms with Gasteiger partial charge in [0.1, 0.15) is 24.0 Å². The van der Waals surface area contributed by atoms with E-state index in [0.29, 0.717) is 30.5 Å². The molecule has 1 aliphatic rings. The summed E-state index contributed by atoms with van der Waals surface area (Å²) >= 11 is 6.03. The lowest BCUT2D eigenvalue weighted by atomic mass is 10.1. The van der Waals surface area contributed by atoms with Crippen LogP contribution in [0.25, 0.3) is 11.4 Å². The van der Waals surface area contributed by atoms with E-state index in [2.05, 4.69) is 10.6 Å². The normalized spacial score (nSPS) is 15.0. The number of nitrogens with one attached hydrogen (secondary N) is 2. The van der Waals surface area contributed by atoms with Crippen molar-refractivity contribution in [3.05, 3.63) is 65.2 Å². The topological polar surface area (TPSA) is 85.1 Å². The van der Waals surface area contributed by atoms with Gasteiger partial charge in [0.2, 0.25) is 0 Å². The average molecular weight is 396 g/mol. The molecule has 0 radical (unpaired) electrons. The third-order valence-electron chi connectivity index (χ3n) is 4.51. The van der Waals surface area contributed by atoms with Gasteiger partial charge in [-0.2, -0.15) is 0 Å². The van der Waals surface area contributed by atoms with E-state index >= 15 is 0 Å². The van der Waals surface area contributed by atoms with Gasteiger partial charge in [0.15, 0.2) is 5.82 Å². The largest absolute Gasteiger partial charge is 0.491 e. The van der Waals surface area contributed by atoms with Crippen molar-refractivity contribution in [2.45, 2.75) is 12.5 Å². The Hall–Kier alpha value is -2.83. The predicted octanol–water partition coefficient (Wildman–Crippen LogP) is 3.58. The Balaban J connectivity index is 1.54. The van der Waals surface area contributed by atoms with Crippen molar-refractivity contribution in [2.24, 2.45) is 5.73 Å². The summed E-state index contributed by atoms with van der Waals surface area (Å²) in [5.74, 6) is 3.10. The van der Waals surface area contributed by atoms with Crippen molar-refractivity contribution in [3.8, 4) is 17.1 Å². The summed E-state index contributed by atoms with van der Waals surface area (Å²) in [6, 6.07) is 17.5.